The third-order valence-corrected chi connectivity index (χ3v) is 6.97. The molecule has 4 aromatic rings. The lowest BCUT2D eigenvalue weighted by Crippen LogP contribution is -2.37. The van der Waals surface area contributed by atoms with Crippen LogP contribution in [0.2, 0.25) is 10.0 Å². The SMILES string of the molecule is O=C(OCc1ccccc1)C(c1ccccc1Nc1c(Cl)cccc1Cl)N1C(O)c2ccccc2C1O. The lowest BCUT2D eigenvalue weighted by atomic mass is 10.0. The molecule has 4 aromatic carbocycles. The Morgan fingerprint density at radius 1 is 0.811 bits per heavy atom. The first-order chi connectivity index (χ1) is 18.0. The van der Waals surface area contributed by atoms with E-state index >= 15 is 0 Å². The number of ether oxygens (including phenoxy) is 1. The molecule has 0 bridgehead atoms. The van der Waals surface area contributed by atoms with E-state index in [1.54, 1.807) is 66.7 Å². The second-order valence-electron chi connectivity index (χ2n) is 8.63. The third kappa shape index (κ3) is 5.07. The second kappa shape index (κ2) is 10.9. The Balaban J connectivity index is 1.56. The van der Waals surface area contributed by atoms with E-state index in [2.05, 4.69) is 5.32 Å². The summed E-state index contributed by atoms with van der Waals surface area (Å²) in [6.45, 7) is 0.0368. The molecule has 1 aliphatic rings. The number of hydrogen-bond donors (Lipinski definition) is 3. The Bertz CT molecular complexity index is 1370. The van der Waals surface area contributed by atoms with Crippen molar-refractivity contribution in [2.75, 3.05) is 5.32 Å². The molecule has 0 aliphatic carbocycles. The summed E-state index contributed by atoms with van der Waals surface area (Å²) >= 11 is 12.8. The van der Waals surface area contributed by atoms with Gasteiger partial charge < -0.3 is 20.3 Å². The molecular weight excluding hydrogens is 511 g/mol. The van der Waals surface area contributed by atoms with Crippen LogP contribution in [0.15, 0.2) is 97.1 Å². The van der Waals surface area contributed by atoms with Crippen LogP contribution in [0, 0.1) is 0 Å². The fourth-order valence-corrected chi connectivity index (χ4v) is 5.03. The summed E-state index contributed by atoms with van der Waals surface area (Å²) in [7, 11) is 0. The van der Waals surface area contributed by atoms with Gasteiger partial charge in [0, 0.05) is 22.4 Å². The molecule has 6 nitrogen and oxygen atoms in total. The first-order valence-electron chi connectivity index (χ1n) is 11.7. The Morgan fingerprint density at radius 3 is 2.03 bits per heavy atom. The highest BCUT2D eigenvalue weighted by Gasteiger charge is 2.45. The third-order valence-electron chi connectivity index (χ3n) is 6.34. The van der Waals surface area contributed by atoms with Crippen molar-refractivity contribution in [2.24, 2.45) is 0 Å². The van der Waals surface area contributed by atoms with Crippen molar-refractivity contribution in [3.05, 3.63) is 129 Å². The Labute approximate surface area is 224 Å². The molecule has 8 heteroatoms. The average Bonchev–Trinajstić information content (AvgIpc) is 3.16. The molecule has 37 heavy (non-hydrogen) atoms. The van der Waals surface area contributed by atoms with Crippen molar-refractivity contribution >= 4 is 40.5 Å². The van der Waals surface area contributed by atoms with Gasteiger partial charge in [0.15, 0.2) is 0 Å². The summed E-state index contributed by atoms with van der Waals surface area (Å²) in [6.07, 6.45) is -2.48. The fraction of sp³-hybridized carbons (Fsp3) is 0.138. The molecule has 3 unspecified atom stereocenters. The predicted octanol–water partition coefficient (Wildman–Crippen LogP) is 6.52. The van der Waals surface area contributed by atoms with Crippen molar-refractivity contribution in [1.82, 2.24) is 4.90 Å². The predicted molar refractivity (Wildman–Crippen MR) is 143 cm³/mol. The van der Waals surface area contributed by atoms with Crippen LogP contribution in [0.25, 0.3) is 0 Å². The highest BCUT2D eigenvalue weighted by molar-refractivity contribution is 6.39. The molecular formula is C29H24Cl2N2O4. The number of aliphatic hydroxyl groups excluding tert-OH is 2. The van der Waals surface area contributed by atoms with Gasteiger partial charge in [-0.1, -0.05) is 102 Å². The normalized spacial score (nSPS) is 17.7. The van der Waals surface area contributed by atoms with Crippen LogP contribution in [0.4, 0.5) is 11.4 Å². The zero-order chi connectivity index (χ0) is 25.9. The number of hydrogen-bond acceptors (Lipinski definition) is 6. The van der Waals surface area contributed by atoms with E-state index < -0.39 is 24.5 Å². The Hall–Kier alpha value is -3.39. The monoisotopic (exact) mass is 534 g/mol. The van der Waals surface area contributed by atoms with Crippen LogP contribution >= 0.6 is 23.2 Å². The number of fused-ring (bicyclic) bond motifs is 1. The summed E-state index contributed by atoms with van der Waals surface area (Å²) in [5, 5.41) is 26.5. The first kappa shape index (κ1) is 25.3. The standard InChI is InChI=1S/C29H24Cl2N2O4/c30-22-14-8-15-23(31)25(22)32-24-16-7-6-13-21(24)26(29(36)37-17-18-9-2-1-3-10-18)33-27(34)19-11-4-5-12-20(19)28(33)35/h1-16,26-28,32,34-35H,17H2. The molecule has 0 fully saturated rings. The molecule has 5 rings (SSSR count). The van der Waals surface area contributed by atoms with Crippen molar-refractivity contribution in [2.45, 2.75) is 25.1 Å². The number of esters is 1. The van der Waals surface area contributed by atoms with E-state index in [9.17, 15) is 15.0 Å². The number of nitrogens with one attached hydrogen (secondary N) is 1. The van der Waals surface area contributed by atoms with Gasteiger partial charge in [-0.3, -0.25) is 0 Å². The first-order valence-corrected chi connectivity index (χ1v) is 12.4. The van der Waals surface area contributed by atoms with Gasteiger partial charge in [0.2, 0.25) is 0 Å². The Kier molecular flexibility index (Phi) is 7.46. The molecule has 0 saturated heterocycles. The van der Waals surface area contributed by atoms with Crippen molar-refractivity contribution in [3.8, 4) is 0 Å². The number of anilines is 2. The van der Waals surface area contributed by atoms with E-state index in [-0.39, 0.29) is 6.61 Å². The minimum absolute atomic E-state index is 0.0368. The lowest BCUT2D eigenvalue weighted by molar-refractivity contribution is -0.169. The zero-order valence-electron chi connectivity index (χ0n) is 19.6. The van der Waals surface area contributed by atoms with Gasteiger partial charge in [0.25, 0.3) is 0 Å². The molecule has 1 heterocycles. The number of rotatable bonds is 7. The van der Waals surface area contributed by atoms with Gasteiger partial charge in [0.1, 0.15) is 25.1 Å². The van der Waals surface area contributed by atoms with E-state index in [0.29, 0.717) is 38.1 Å². The average molecular weight is 535 g/mol. The maximum Gasteiger partial charge on any atom is 0.328 e. The molecule has 1 aliphatic heterocycles. The Morgan fingerprint density at radius 2 is 1.38 bits per heavy atom. The molecule has 188 valence electrons. The van der Waals surface area contributed by atoms with Gasteiger partial charge in [-0.25, -0.2) is 9.69 Å². The maximum atomic E-state index is 13.7. The van der Waals surface area contributed by atoms with Crippen LogP contribution in [0.3, 0.4) is 0 Å². The fourth-order valence-electron chi connectivity index (χ4n) is 4.54. The van der Waals surface area contributed by atoms with Gasteiger partial charge in [-0.05, 0) is 23.8 Å². The molecule has 0 saturated carbocycles. The second-order valence-corrected chi connectivity index (χ2v) is 9.44. The minimum Gasteiger partial charge on any atom is -0.459 e. The van der Waals surface area contributed by atoms with Crippen LogP contribution in [0.1, 0.15) is 40.8 Å². The van der Waals surface area contributed by atoms with Gasteiger partial charge in [-0.2, -0.15) is 0 Å². The van der Waals surface area contributed by atoms with E-state index in [1.165, 1.54) is 4.90 Å². The number of benzene rings is 4. The molecule has 0 aromatic heterocycles. The number of para-hydroxylation sites is 2. The molecule has 3 N–H and O–H groups in total. The summed E-state index contributed by atoms with van der Waals surface area (Å²) in [6, 6.07) is 27.4. The van der Waals surface area contributed by atoms with Crippen LogP contribution in [-0.2, 0) is 16.1 Å². The lowest BCUT2D eigenvalue weighted by Gasteiger charge is -2.33. The van der Waals surface area contributed by atoms with Gasteiger partial charge >= 0.3 is 5.97 Å². The quantitative estimate of drug-likeness (QED) is 0.234. The highest BCUT2D eigenvalue weighted by Crippen LogP contribution is 2.47. The van der Waals surface area contributed by atoms with E-state index in [4.69, 9.17) is 27.9 Å². The van der Waals surface area contributed by atoms with Crippen molar-refractivity contribution in [1.29, 1.82) is 0 Å². The van der Waals surface area contributed by atoms with Gasteiger partial charge in [0.05, 0.1) is 15.7 Å². The summed E-state index contributed by atoms with van der Waals surface area (Å²) in [4.78, 5) is 15.1. The van der Waals surface area contributed by atoms with Crippen LogP contribution < -0.4 is 5.32 Å². The summed E-state index contributed by atoms with van der Waals surface area (Å²) < 4.78 is 5.72. The summed E-state index contributed by atoms with van der Waals surface area (Å²) in [5.74, 6) is -0.630. The largest absolute Gasteiger partial charge is 0.459 e. The molecule has 0 amide bonds. The number of carbonyl (C=O) groups is 1. The molecule has 3 atom stereocenters. The topological polar surface area (TPSA) is 82.0 Å². The van der Waals surface area contributed by atoms with Crippen LogP contribution in [0.5, 0.6) is 0 Å². The van der Waals surface area contributed by atoms with Crippen LogP contribution in [-0.4, -0.2) is 21.1 Å². The number of carbonyl (C=O) groups excluding carboxylic acids is 1. The number of aliphatic hydroxyl groups is 2. The maximum absolute atomic E-state index is 13.7. The zero-order valence-corrected chi connectivity index (χ0v) is 21.1. The minimum atomic E-state index is -1.24. The van der Waals surface area contributed by atoms with Crippen molar-refractivity contribution in [3.63, 3.8) is 0 Å². The number of nitrogens with zero attached hydrogens (tertiary/aromatic N) is 1. The molecule has 0 radical (unpaired) electrons. The highest BCUT2D eigenvalue weighted by atomic mass is 35.5. The number of halogens is 2. The van der Waals surface area contributed by atoms with E-state index in [0.717, 1.165) is 5.56 Å². The summed E-state index contributed by atoms with van der Waals surface area (Å²) in [5.41, 5.74) is 3.33. The van der Waals surface area contributed by atoms with Gasteiger partial charge in [-0.15, -0.1) is 0 Å². The smallest absolute Gasteiger partial charge is 0.328 e. The van der Waals surface area contributed by atoms with E-state index in [1.807, 2.05) is 30.3 Å². The molecule has 0 spiro atoms. The van der Waals surface area contributed by atoms with Crippen molar-refractivity contribution < 1.29 is 19.7 Å².